The molecule has 1 fully saturated rings. The molecule has 22 heavy (non-hydrogen) atoms. The van der Waals surface area contributed by atoms with Crippen LogP contribution in [0.2, 0.25) is 0 Å². The number of carbonyl (C=O) groups excluding carboxylic acids is 1. The van der Waals surface area contributed by atoms with E-state index in [1.54, 1.807) is 0 Å². The van der Waals surface area contributed by atoms with E-state index in [-0.39, 0.29) is 17.9 Å². The van der Waals surface area contributed by atoms with Crippen LogP contribution in [0.15, 0.2) is 30.4 Å². The highest BCUT2D eigenvalue weighted by atomic mass is 35.5. The molecule has 3 aliphatic carbocycles. The van der Waals surface area contributed by atoms with Crippen LogP contribution in [-0.2, 0) is 4.79 Å². The molecule has 4 unspecified atom stereocenters. The van der Waals surface area contributed by atoms with E-state index < -0.39 is 4.87 Å². The smallest absolute Gasteiger partial charge is 0.242 e. The molecule has 3 aliphatic rings. The standard InChI is InChI=1S/C19H24ClNO/c1-12-4-9-17(13(2)10-12)14(3)21-18(22)19(20)11-15-5-7-16(19)8-6-15/h4-5,7,9-10,14-16H,6,8,11H2,1-3H3,(H,21,22). The van der Waals surface area contributed by atoms with Gasteiger partial charge in [-0.15, -0.1) is 11.6 Å². The fraction of sp³-hybridized carbons (Fsp3) is 0.526. The number of allylic oxidation sites excluding steroid dienone is 2. The molecule has 2 bridgehead atoms. The molecule has 0 heterocycles. The molecule has 1 N–H and O–H groups in total. The first-order valence-corrected chi connectivity index (χ1v) is 8.53. The number of rotatable bonds is 3. The Kier molecular flexibility index (Phi) is 4.07. The number of benzene rings is 1. The second-order valence-corrected chi connectivity index (χ2v) is 7.63. The van der Waals surface area contributed by atoms with Crippen LogP contribution in [0.3, 0.4) is 0 Å². The molecule has 1 amide bonds. The highest BCUT2D eigenvalue weighted by Gasteiger charge is 2.49. The van der Waals surface area contributed by atoms with E-state index in [4.69, 9.17) is 11.6 Å². The van der Waals surface area contributed by atoms with Crippen molar-refractivity contribution in [1.29, 1.82) is 0 Å². The molecule has 1 aromatic carbocycles. The number of nitrogens with one attached hydrogen (secondary N) is 1. The third-order valence-electron chi connectivity index (χ3n) is 5.23. The van der Waals surface area contributed by atoms with E-state index in [0.717, 1.165) is 24.8 Å². The SMILES string of the molecule is Cc1ccc(C(C)NC(=O)C2(Cl)CC3C=CC2CC3)c(C)c1. The molecule has 0 aliphatic heterocycles. The van der Waals surface area contributed by atoms with Gasteiger partial charge in [-0.3, -0.25) is 4.79 Å². The molecule has 0 radical (unpaired) electrons. The zero-order valence-corrected chi connectivity index (χ0v) is 14.3. The van der Waals surface area contributed by atoms with Crippen LogP contribution < -0.4 is 5.32 Å². The van der Waals surface area contributed by atoms with Gasteiger partial charge in [0.25, 0.3) is 0 Å². The van der Waals surface area contributed by atoms with E-state index in [1.807, 2.05) is 6.92 Å². The molecular weight excluding hydrogens is 294 g/mol. The highest BCUT2D eigenvalue weighted by molar-refractivity contribution is 6.35. The van der Waals surface area contributed by atoms with E-state index >= 15 is 0 Å². The van der Waals surface area contributed by atoms with E-state index in [1.165, 1.54) is 11.1 Å². The maximum atomic E-state index is 12.8. The Hall–Kier alpha value is -1.28. The average molecular weight is 318 g/mol. The Labute approximate surface area is 137 Å². The third kappa shape index (κ3) is 2.69. The van der Waals surface area contributed by atoms with Gasteiger partial charge in [-0.2, -0.15) is 0 Å². The molecule has 0 saturated heterocycles. The predicted octanol–water partition coefficient (Wildman–Crippen LogP) is 4.44. The van der Waals surface area contributed by atoms with Gasteiger partial charge in [0.2, 0.25) is 5.91 Å². The Morgan fingerprint density at radius 2 is 2.09 bits per heavy atom. The molecular formula is C19H24ClNO. The van der Waals surface area contributed by atoms with Crippen LogP contribution in [0.25, 0.3) is 0 Å². The van der Waals surface area contributed by atoms with Crippen molar-refractivity contribution in [3.05, 3.63) is 47.0 Å². The predicted molar refractivity (Wildman–Crippen MR) is 91.0 cm³/mol. The van der Waals surface area contributed by atoms with Crippen LogP contribution in [0, 0.1) is 25.7 Å². The summed E-state index contributed by atoms with van der Waals surface area (Å²) < 4.78 is 0. The fourth-order valence-corrected chi connectivity index (χ4v) is 4.36. The van der Waals surface area contributed by atoms with Gasteiger partial charge < -0.3 is 5.32 Å². The molecule has 118 valence electrons. The maximum absolute atomic E-state index is 12.8. The van der Waals surface area contributed by atoms with Crippen molar-refractivity contribution in [3.8, 4) is 0 Å². The van der Waals surface area contributed by atoms with Gasteiger partial charge in [0.05, 0.1) is 6.04 Å². The molecule has 0 aromatic heterocycles. The lowest BCUT2D eigenvalue weighted by atomic mass is 9.68. The molecule has 0 spiro atoms. The van der Waals surface area contributed by atoms with Crippen molar-refractivity contribution >= 4 is 17.5 Å². The number of amides is 1. The normalized spacial score (nSPS) is 31.1. The Morgan fingerprint density at radius 1 is 1.32 bits per heavy atom. The molecule has 4 rings (SSSR count). The molecule has 2 nitrogen and oxygen atoms in total. The number of fused-ring (bicyclic) bond motifs is 2. The van der Waals surface area contributed by atoms with Crippen molar-refractivity contribution in [2.24, 2.45) is 11.8 Å². The quantitative estimate of drug-likeness (QED) is 0.648. The van der Waals surface area contributed by atoms with Gasteiger partial charge in [0, 0.05) is 5.92 Å². The topological polar surface area (TPSA) is 29.1 Å². The summed E-state index contributed by atoms with van der Waals surface area (Å²) in [7, 11) is 0. The molecule has 4 atom stereocenters. The van der Waals surface area contributed by atoms with Crippen LogP contribution >= 0.6 is 11.6 Å². The Morgan fingerprint density at radius 3 is 2.64 bits per heavy atom. The summed E-state index contributed by atoms with van der Waals surface area (Å²) in [5.41, 5.74) is 3.61. The molecule has 1 saturated carbocycles. The van der Waals surface area contributed by atoms with Crippen molar-refractivity contribution in [3.63, 3.8) is 0 Å². The minimum absolute atomic E-state index is 0.0132. The summed E-state index contributed by atoms with van der Waals surface area (Å²) in [5, 5.41) is 3.15. The monoisotopic (exact) mass is 317 g/mol. The summed E-state index contributed by atoms with van der Waals surface area (Å²) in [5.74, 6) is 0.621. The van der Waals surface area contributed by atoms with E-state index in [2.05, 4.69) is 49.5 Å². The van der Waals surface area contributed by atoms with Crippen LogP contribution in [0.5, 0.6) is 0 Å². The zero-order valence-electron chi connectivity index (χ0n) is 13.5. The number of hydrogen-bond acceptors (Lipinski definition) is 1. The first-order chi connectivity index (χ1) is 10.4. The van der Waals surface area contributed by atoms with Crippen molar-refractivity contribution < 1.29 is 4.79 Å². The fourth-order valence-electron chi connectivity index (χ4n) is 3.93. The van der Waals surface area contributed by atoms with E-state index in [9.17, 15) is 4.79 Å². The van der Waals surface area contributed by atoms with Crippen molar-refractivity contribution in [2.75, 3.05) is 0 Å². The van der Waals surface area contributed by atoms with Gasteiger partial charge in [0.1, 0.15) is 4.87 Å². The van der Waals surface area contributed by atoms with Crippen LogP contribution in [-0.4, -0.2) is 10.8 Å². The number of alkyl halides is 1. The number of carbonyl (C=O) groups is 1. The first-order valence-electron chi connectivity index (χ1n) is 8.15. The van der Waals surface area contributed by atoms with Crippen molar-refractivity contribution in [2.45, 2.75) is 50.9 Å². The van der Waals surface area contributed by atoms with Gasteiger partial charge in [-0.25, -0.2) is 0 Å². The van der Waals surface area contributed by atoms with Gasteiger partial charge in [-0.1, -0.05) is 35.9 Å². The lowest BCUT2D eigenvalue weighted by Gasteiger charge is -2.43. The van der Waals surface area contributed by atoms with E-state index in [0.29, 0.717) is 5.92 Å². The van der Waals surface area contributed by atoms with Crippen LogP contribution in [0.4, 0.5) is 0 Å². The zero-order chi connectivity index (χ0) is 15.9. The third-order valence-corrected chi connectivity index (χ3v) is 5.83. The summed E-state index contributed by atoms with van der Waals surface area (Å²) in [4.78, 5) is 12.0. The largest absolute Gasteiger partial charge is 0.348 e. The summed E-state index contributed by atoms with van der Waals surface area (Å²) in [6.07, 6.45) is 7.33. The number of aryl methyl sites for hydroxylation is 2. The van der Waals surface area contributed by atoms with Gasteiger partial charge in [-0.05, 0) is 57.1 Å². The average Bonchev–Trinajstić information content (AvgIpc) is 2.47. The lowest BCUT2D eigenvalue weighted by molar-refractivity contribution is -0.126. The maximum Gasteiger partial charge on any atom is 0.242 e. The van der Waals surface area contributed by atoms with Gasteiger partial charge in [0.15, 0.2) is 0 Å². The lowest BCUT2D eigenvalue weighted by Crippen LogP contribution is -2.52. The first kappa shape index (κ1) is 15.6. The Balaban J connectivity index is 1.75. The number of halogens is 1. The highest BCUT2D eigenvalue weighted by Crippen LogP contribution is 2.47. The summed E-state index contributed by atoms with van der Waals surface area (Å²) >= 11 is 6.76. The minimum Gasteiger partial charge on any atom is -0.348 e. The Bertz CT molecular complexity index is 624. The van der Waals surface area contributed by atoms with Gasteiger partial charge >= 0.3 is 0 Å². The van der Waals surface area contributed by atoms with Crippen LogP contribution in [0.1, 0.15) is 48.9 Å². The molecule has 3 heteroatoms. The number of hydrogen-bond donors (Lipinski definition) is 1. The minimum atomic E-state index is -0.759. The summed E-state index contributed by atoms with van der Waals surface area (Å²) in [6.45, 7) is 6.21. The molecule has 1 aromatic rings. The summed E-state index contributed by atoms with van der Waals surface area (Å²) in [6, 6.07) is 6.32. The van der Waals surface area contributed by atoms with Crippen molar-refractivity contribution in [1.82, 2.24) is 5.32 Å². The second-order valence-electron chi connectivity index (χ2n) is 6.95. The second kappa shape index (κ2) is 5.73.